The number of benzene rings is 2. The molecule has 1 amide bonds. The van der Waals surface area contributed by atoms with Crippen molar-refractivity contribution in [2.45, 2.75) is 23.6 Å². The molecule has 32 heavy (non-hydrogen) atoms. The molecule has 2 aromatic carbocycles. The molecule has 3 heterocycles. The van der Waals surface area contributed by atoms with E-state index in [1.165, 1.54) is 0 Å². The number of hydrogen-bond donors (Lipinski definition) is 1. The van der Waals surface area contributed by atoms with E-state index < -0.39 is 0 Å². The van der Waals surface area contributed by atoms with E-state index >= 15 is 0 Å². The first-order chi connectivity index (χ1) is 15.7. The Hall–Kier alpha value is -3.45. The highest BCUT2D eigenvalue weighted by Gasteiger charge is 2.12. The van der Waals surface area contributed by atoms with Crippen LogP contribution in [0.3, 0.4) is 0 Å². The summed E-state index contributed by atoms with van der Waals surface area (Å²) in [4.78, 5) is 18.3. The number of nitrogens with zero attached hydrogens (tertiary/aromatic N) is 2. The van der Waals surface area contributed by atoms with Crippen molar-refractivity contribution >= 4 is 23.3 Å². The zero-order chi connectivity index (χ0) is 21.8. The Kier molecular flexibility index (Phi) is 5.98. The molecule has 5 rings (SSSR count). The van der Waals surface area contributed by atoms with Crippen molar-refractivity contribution in [2.24, 2.45) is 0 Å². The van der Waals surface area contributed by atoms with Crippen molar-refractivity contribution in [3.63, 3.8) is 0 Å². The van der Waals surface area contributed by atoms with Crippen LogP contribution in [-0.4, -0.2) is 28.5 Å². The fraction of sp³-hybridized carbons (Fsp3) is 0.200. The number of hydrogen-bond acceptors (Lipinski definition) is 5. The van der Waals surface area contributed by atoms with E-state index in [0.717, 1.165) is 45.5 Å². The minimum Gasteiger partial charge on any atom is -0.490 e. The van der Waals surface area contributed by atoms with Gasteiger partial charge in [0, 0.05) is 41.6 Å². The van der Waals surface area contributed by atoms with Crippen LogP contribution >= 0.6 is 11.8 Å². The standard InChI is InChI=1S/C25H23N3O3S/c29-25(26-15-18-5-10-22-23(14-18)31-13-3-12-30-22)19-6-8-21(9-7-19)32-17-20-16-28-11-2-1-4-24(28)27-20/h1-2,4-11,14,16H,3,12-13,15,17H2,(H,26,29). The van der Waals surface area contributed by atoms with Crippen molar-refractivity contribution in [2.75, 3.05) is 13.2 Å². The second kappa shape index (κ2) is 9.36. The summed E-state index contributed by atoms with van der Waals surface area (Å²) < 4.78 is 13.4. The molecule has 162 valence electrons. The van der Waals surface area contributed by atoms with E-state index in [0.29, 0.717) is 25.3 Å². The van der Waals surface area contributed by atoms with Gasteiger partial charge in [0.25, 0.3) is 5.91 Å². The molecule has 2 aromatic heterocycles. The number of nitrogens with one attached hydrogen (secondary N) is 1. The molecule has 6 nitrogen and oxygen atoms in total. The van der Waals surface area contributed by atoms with Crippen molar-refractivity contribution in [3.8, 4) is 11.5 Å². The average molecular weight is 446 g/mol. The van der Waals surface area contributed by atoms with E-state index in [2.05, 4.69) is 10.3 Å². The number of fused-ring (bicyclic) bond motifs is 2. The third-order valence-corrected chi connectivity index (χ3v) is 6.23. The Morgan fingerprint density at radius 2 is 1.88 bits per heavy atom. The van der Waals surface area contributed by atoms with Crippen molar-refractivity contribution < 1.29 is 14.3 Å². The molecule has 7 heteroatoms. The second-order valence-electron chi connectivity index (χ2n) is 7.53. The quantitative estimate of drug-likeness (QED) is 0.435. The molecule has 0 spiro atoms. The zero-order valence-electron chi connectivity index (χ0n) is 17.5. The van der Waals surface area contributed by atoms with E-state index in [1.54, 1.807) is 11.8 Å². The van der Waals surface area contributed by atoms with Gasteiger partial charge in [0.05, 0.1) is 18.9 Å². The lowest BCUT2D eigenvalue weighted by atomic mass is 10.1. The van der Waals surface area contributed by atoms with Gasteiger partial charge in [0.2, 0.25) is 0 Å². The Morgan fingerprint density at radius 3 is 2.72 bits per heavy atom. The fourth-order valence-electron chi connectivity index (χ4n) is 3.52. The van der Waals surface area contributed by atoms with Crippen LogP contribution in [0.15, 0.2) is 78.0 Å². The van der Waals surface area contributed by atoms with E-state index in [1.807, 2.05) is 77.5 Å². The highest BCUT2D eigenvalue weighted by Crippen LogP contribution is 2.30. The first-order valence-electron chi connectivity index (χ1n) is 10.6. The summed E-state index contributed by atoms with van der Waals surface area (Å²) in [5, 5.41) is 2.98. The van der Waals surface area contributed by atoms with Crippen LogP contribution < -0.4 is 14.8 Å². The van der Waals surface area contributed by atoms with Gasteiger partial charge in [0.15, 0.2) is 11.5 Å². The number of aromatic nitrogens is 2. The lowest BCUT2D eigenvalue weighted by molar-refractivity contribution is 0.0951. The number of carbonyl (C=O) groups excluding carboxylic acids is 1. The normalized spacial score (nSPS) is 13.0. The number of pyridine rings is 1. The maximum atomic E-state index is 12.6. The molecule has 0 atom stereocenters. The number of amides is 1. The Morgan fingerprint density at radius 1 is 1.03 bits per heavy atom. The zero-order valence-corrected chi connectivity index (χ0v) is 18.3. The summed E-state index contributed by atoms with van der Waals surface area (Å²) in [6.07, 6.45) is 4.91. The fourth-order valence-corrected chi connectivity index (χ4v) is 4.30. The van der Waals surface area contributed by atoms with Gasteiger partial charge < -0.3 is 19.2 Å². The van der Waals surface area contributed by atoms with Crippen LogP contribution in [-0.2, 0) is 12.3 Å². The SMILES string of the molecule is O=C(NCc1ccc2c(c1)OCCCO2)c1ccc(SCc2cn3ccccc3n2)cc1. The van der Waals surface area contributed by atoms with Crippen LogP contribution in [0.1, 0.15) is 28.0 Å². The Labute approximate surface area is 190 Å². The van der Waals surface area contributed by atoms with Gasteiger partial charge in [-0.1, -0.05) is 12.1 Å². The van der Waals surface area contributed by atoms with Crippen molar-refractivity contribution in [3.05, 3.63) is 89.9 Å². The van der Waals surface area contributed by atoms with Gasteiger partial charge in [-0.05, 0) is 54.1 Å². The minimum absolute atomic E-state index is 0.103. The number of thioether (sulfide) groups is 1. The predicted molar refractivity (Wildman–Crippen MR) is 124 cm³/mol. The van der Waals surface area contributed by atoms with Crippen LogP contribution in [0, 0.1) is 0 Å². The summed E-state index contributed by atoms with van der Waals surface area (Å²) in [6, 6.07) is 19.4. The van der Waals surface area contributed by atoms with Crippen LogP contribution in [0.2, 0.25) is 0 Å². The number of carbonyl (C=O) groups is 1. The summed E-state index contributed by atoms with van der Waals surface area (Å²) in [7, 11) is 0. The van der Waals surface area contributed by atoms with Gasteiger partial charge in [-0.3, -0.25) is 4.79 Å². The molecule has 0 saturated carbocycles. The first kappa shape index (κ1) is 20.5. The van der Waals surface area contributed by atoms with Gasteiger partial charge in [0.1, 0.15) is 5.65 Å². The largest absolute Gasteiger partial charge is 0.490 e. The molecule has 0 unspecified atom stereocenters. The van der Waals surface area contributed by atoms with Crippen molar-refractivity contribution in [1.29, 1.82) is 0 Å². The third-order valence-electron chi connectivity index (χ3n) is 5.18. The predicted octanol–water partition coefficient (Wildman–Crippen LogP) is 4.72. The van der Waals surface area contributed by atoms with Gasteiger partial charge >= 0.3 is 0 Å². The smallest absolute Gasteiger partial charge is 0.251 e. The molecule has 1 aliphatic rings. The van der Waals surface area contributed by atoms with E-state index in [4.69, 9.17) is 9.47 Å². The van der Waals surface area contributed by atoms with Gasteiger partial charge in [-0.15, -0.1) is 11.8 Å². The van der Waals surface area contributed by atoms with E-state index in [-0.39, 0.29) is 5.91 Å². The molecular weight excluding hydrogens is 422 g/mol. The minimum atomic E-state index is -0.103. The third kappa shape index (κ3) is 4.73. The molecule has 1 N–H and O–H groups in total. The summed E-state index contributed by atoms with van der Waals surface area (Å²) in [5.74, 6) is 2.17. The van der Waals surface area contributed by atoms with Crippen LogP contribution in [0.5, 0.6) is 11.5 Å². The van der Waals surface area contributed by atoms with Crippen LogP contribution in [0.4, 0.5) is 0 Å². The molecule has 4 aromatic rings. The molecule has 0 bridgehead atoms. The summed E-state index contributed by atoms with van der Waals surface area (Å²) >= 11 is 1.70. The maximum absolute atomic E-state index is 12.6. The highest BCUT2D eigenvalue weighted by molar-refractivity contribution is 7.98. The van der Waals surface area contributed by atoms with Gasteiger partial charge in [-0.25, -0.2) is 4.98 Å². The highest BCUT2D eigenvalue weighted by atomic mass is 32.2. The Balaban J connectivity index is 1.16. The average Bonchev–Trinajstić information content (AvgIpc) is 3.11. The number of imidazole rings is 1. The monoisotopic (exact) mass is 445 g/mol. The first-order valence-corrected chi connectivity index (χ1v) is 11.6. The van der Waals surface area contributed by atoms with Crippen molar-refractivity contribution in [1.82, 2.24) is 14.7 Å². The molecule has 0 fully saturated rings. The number of ether oxygens (including phenoxy) is 2. The topological polar surface area (TPSA) is 64.9 Å². The lowest BCUT2D eigenvalue weighted by Gasteiger charge is -2.10. The molecule has 0 aliphatic carbocycles. The molecular formula is C25H23N3O3S. The van der Waals surface area contributed by atoms with Gasteiger partial charge in [-0.2, -0.15) is 0 Å². The van der Waals surface area contributed by atoms with Crippen LogP contribution in [0.25, 0.3) is 5.65 Å². The second-order valence-corrected chi connectivity index (χ2v) is 8.57. The Bertz CT molecular complexity index is 1200. The molecule has 0 radical (unpaired) electrons. The molecule has 1 aliphatic heterocycles. The maximum Gasteiger partial charge on any atom is 0.251 e. The molecule has 0 saturated heterocycles. The van der Waals surface area contributed by atoms with E-state index in [9.17, 15) is 4.79 Å². The summed E-state index contributed by atoms with van der Waals surface area (Å²) in [5.41, 5.74) is 3.58. The number of rotatable bonds is 6. The summed E-state index contributed by atoms with van der Waals surface area (Å²) in [6.45, 7) is 1.74. The lowest BCUT2D eigenvalue weighted by Crippen LogP contribution is -2.22.